The fourth-order valence-electron chi connectivity index (χ4n) is 1.90. The Hall–Kier alpha value is -2.89. The third-order valence-corrected chi connectivity index (χ3v) is 4.45. The quantitative estimate of drug-likeness (QED) is 0.473. The molecule has 0 heterocycles. The Morgan fingerprint density at radius 2 is 1.69 bits per heavy atom. The Morgan fingerprint density at radius 3 is 2.19 bits per heavy atom. The molecular formula is C14H10F4N2O5S. The van der Waals surface area contributed by atoms with Crippen LogP contribution in [0.1, 0.15) is 5.56 Å². The summed E-state index contributed by atoms with van der Waals surface area (Å²) in [5, 5.41) is 10.7. The third-order valence-electron chi connectivity index (χ3n) is 3.07. The van der Waals surface area contributed by atoms with E-state index in [2.05, 4.69) is 4.74 Å². The molecule has 0 bridgehead atoms. The summed E-state index contributed by atoms with van der Waals surface area (Å²) < 4.78 is 81.2. The normalized spacial score (nSPS) is 11.9. The lowest BCUT2D eigenvalue weighted by Crippen LogP contribution is -2.21. The highest BCUT2D eigenvalue weighted by Crippen LogP contribution is 2.38. The van der Waals surface area contributed by atoms with Crippen LogP contribution in [0.15, 0.2) is 41.3 Å². The summed E-state index contributed by atoms with van der Waals surface area (Å²) in [5.74, 6) is -3.61. The molecule has 0 aliphatic carbocycles. The van der Waals surface area contributed by atoms with Gasteiger partial charge in [0.05, 0.1) is 15.5 Å². The zero-order chi connectivity index (χ0) is 19.7. The van der Waals surface area contributed by atoms with Gasteiger partial charge in [-0.2, -0.15) is 4.39 Å². The van der Waals surface area contributed by atoms with Gasteiger partial charge in [0, 0.05) is 6.07 Å². The highest BCUT2D eigenvalue weighted by atomic mass is 32.2. The number of rotatable bonds is 5. The van der Waals surface area contributed by atoms with Crippen molar-refractivity contribution < 1.29 is 35.6 Å². The molecule has 2 aromatic carbocycles. The van der Waals surface area contributed by atoms with Crippen molar-refractivity contribution in [3.05, 3.63) is 57.9 Å². The molecule has 0 aliphatic heterocycles. The van der Waals surface area contributed by atoms with Crippen molar-refractivity contribution in [2.75, 3.05) is 4.72 Å². The lowest BCUT2D eigenvalue weighted by atomic mass is 10.2. The summed E-state index contributed by atoms with van der Waals surface area (Å²) in [6.07, 6.45) is -5.40. The Labute approximate surface area is 144 Å². The molecule has 0 radical (unpaired) electrons. The molecule has 12 heteroatoms. The number of benzene rings is 2. The number of hydrogen-bond donors (Lipinski definition) is 1. The monoisotopic (exact) mass is 394 g/mol. The summed E-state index contributed by atoms with van der Waals surface area (Å²) in [4.78, 5) is 9.11. The molecule has 0 aliphatic rings. The Morgan fingerprint density at radius 1 is 1.12 bits per heavy atom. The van der Waals surface area contributed by atoms with E-state index in [9.17, 15) is 36.1 Å². The van der Waals surface area contributed by atoms with Crippen LogP contribution in [0.3, 0.4) is 0 Å². The molecule has 0 atom stereocenters. The van der Waals surface area contributed by atoms with Crippen LogP contribution in [0.5, 0.6) is 5.75 Å². The van der Waals surface area contributed by atoms with Gasteiger partial charge in [0.15, 0.2) is 5.75 Å². The zero-order valence-electron chi connectivity index (χ0n) is 12.9. The van der Waals surface area contributed by atoms with E-state index in [4.69, 9.17) is 0 Å². The molecule has 2 aromatic rings. The lowest BCUT2D eigenvalue weighted by molar-refractivity contribution is -0.387. The molecular weight excluding hydrogens is 384 g/mol. The molecule has 0 saturated carbocycles. The summed E-state index contributed by atoms with van der Waals surface area (Å²) in [5.41, 5.74) is -1.51. The van der Waals surface area contributed by atoms with Gasteiger partial charge in [0.25, 0.3) is 10.0 Å². The largest absolute Gasteiger partial charge is 0.573 e. The van der Waals surface area contributed by atoms with Gasteiger partial charge in [-0.25, -0.2) is 8.42 Å². The molecule has 0 aromatic heterocycles. The van der Waals surface area contributed by atoms with Gasteiger partial charge < -0.3 is 4.74 Å². The average Bonchev–Trinajstić information content (AvgIpc) is 2.49. The number of nitro groups is 1. The predicted octanol–water partition coefficient (Wildman–Crippen LogP) is 3.74. The van der Waals surface area contributed by atoms with E-state index in [1.807, 2.05) is 0 Å². The molecule has 0 fully saturated rings. The molecule has 2 rings (SSSR count). The summed E-state index contributed by atoms with van der Waals surface area (Å²) in [6.45, 7) is 1.69. The Balaban J connectivity index is 2.53. The minimum absolute atomic E-state index is 0.306. The van der Waals surface area contributed by atoms with Gasteiger partial charge in [-0.15, -0.1) is 13.2 Å². The molecule has 7 nitrogen and oxygen atoms in total. The first-order valence-corrected chi connectivity index (χ1v) is 8.21. The van der Waals surface area contributed by atoms with Crippen molar-refractivity contribution >= 4 is 21.4 Å². The second kappa shape index (κ2) is 6.78. The van der Waals surface area contributed by atoms with E-state index in [-0.39, 0.29) is 4.90 Å². The van der Waals surface area contributed by atoms with Crippen molar-refractivity contribution in [1.82, 2.24) is 0 Å². The minimum atomic E-state index is -5.40. The Kier molecular flexibility index (Phi) is 5.07. The molecule has 0 unspecified atom stereocenters. The summed E-state index contributed by atoms with van der Waals surface area (Å²) >= 11 is 0. The van der Waals surface area contributed by atoms with E-state index in [1.165, 1.54) is 24.3 Å². The van der Waals surface area contributed by atoms with E-state index in [0.29, 0.717) is 12.1 Å². The molecule has 140 valence electrons. The topological polar surface area (TPSA) is 98.5 Å². The van der Waals surface area contributed by atoms with Gasteiger partial charge in [-0.05, 0) is 25.1 Å². The molecule has 0 spiro atoms. The van der Waals surface area contributed by atoms with Crippen molar-refractivity contribution in [1.29, 1.82) is 0 Å². The van der Waals surface area contributed by atoms with Crippen molar-refractivity contribution in [2.24, 2.45) is 0 Å². The number of halogens is 4. The minimum Gasteiger partial charge on any atom is -0.400 e. The van der Waals surface area contributed by atoms with Crippen LogP contribution in [0.25, 0.3) is 0 Å². The molecule has 26 heavy (non-hydrogen) atoms. The first kappa shape index (κ1) is 19.4. The standard InChI is InChI=1S/C14H10F4N2O5S/c1-8-2-4-9(5-3-8)26(23,24)19-10-6-7-11(20(21)22)12(15)13(10)25-14(16,17)18/h2-7,19H,1H3. The number of nitro benzene ring substituents is 1. The van der Waals surface area contributed by atoms with Crippen molar-refractivity contribution in [2.45, 2.75) is 18.2 Å². The van der Waals surface area contributed by atoms with Gasteiger partial charge in [-0.3, -0.25) is 14.8 Å². The molecule has 0 saturated heterocycles. The first-order valence-electron chi connectivity index (χ1n) is 6.73. The molecule has 0 amide bonds. The number of anilines is 1. The third kappa shape index (κ3) is 4.39. The number of nitrogens with one attached hydrogen (secondary N) is 1. The number of alkyl halides is 3. The van der Waals surface area contributed by atoms with Crippen LogP contribution in [-0.2, 0) is 10.0 Å². The van der Waals surface area contributed by atoms with E-state index in [0.717, 1.165) is 5.56 Å². The maximum absolute atomic E-state index is 14.0. The maximum Gasteiger partial charge on any atom is 0.573 e. The lowest BCUT2D eigenvalue weighted by Gasteiger charge is -2.15. The van der Waals surface area contributed by atoms with Gasteiger partial charge in [0.1, 0.15) is 0 Å². The van der Waals surface area contributed by atoms with E-state index in [1.54, 1.807) is 11.6 Å². The number of hydrogen-bond acceptors (Lipinski definition) is 5. The van der Waals surface area contributed by atoms with Crippen molar-refractivity contribution in [3.63, 3.8) is 0 Å². The Bertz CT molecular complexity index is 943. The second-order valence-electron chi connectivity index (χ2n) is 5.00. The smallest absolute Gasteiger partial charge is 0.400 e. The zero-order valence-corrected chi connectivity index (χ0v) is 13.7. The maximum atomic E-state index is 14.0. The van der Waals surface area contributed by atoms with E-state index >= 15 is 0 Å². The van der Waals surface area contributed by atoms with Crippen LogP contribution in [0.2, 0.25) is 0 Å². The summed E-state index contributed by atoms with van der Waals surface area (Å²) in [7, 11) is -4.39. The number of sulfonamides is 1. The highest BCUT2D eigenvalue weighted by molar-refractivity contribution is 7.92. The fourth-order valence-corrected chi connectivity index (χ4v) is 2.97. The second-order valence-corrected chi connectivity index (χ2v) is 6.68. The first-order chi connectivity index (χ1) is 11.9. The summed E-state index contributed by atoms with van der Waals surface area (Å²) in [6, 6.07) is 6.38. The van der Waals surface area contributed by atoms with Gasteiger partial charge in [-0.1, -0.05) is 17.7 Å². The number of nitrogens with zero attached hydrogens (tertiary/aromatic N) is 1. The van der Waals surface area contributed by atoms with Crippen LogP contribution in [0, 0.1) is 22.9 Å². The van der Waals surface area contributed by atoms with Crippen LogP contribution < -0.4 is 9.46 Å². The van der Waals surface area contributed by atoms with Gasteiger partial charge >= 0.3 is 12.0 Å². The van der Waals surface area contributed by atoms with Crippen LogP contribution in [-0.4, -0.2) is 19.7 Å². The number of ether oxygens (including phenoxy) is 1. The number of aryl methyl sites for hydroxylation is 1. The van der Waals surface area contributed by atoms with Crippen LogP contribution in [0.4, 0.5) is 28.9 Å². The van der Waals surface area contributed by atoms with Crippen molar-refractivity contribution in [3.8, 4) is 5.75 Å². The van der Waals surface area contributed by atoms with Gasteiger partial charge in [0.2, 0.25) is 5.82 Å². The van der Waals surface area contributed by atoms with E-state index < -0.39 is 44.3 Å². The fraction of sp³-hybridized carbons (Fsp3) is 0.143. The molecule has 1 N–H and O–H groups in total. The highest BCUT2D eigenvalue weighted by Gasteiger charge is 2.36. The SMILES string of the molecule is Cc1ccc(S(=O)(=O)Nc2ccc([N+](=O)[O-])c(F)c2OC(F)(F)F)cc1. The average molecular weight is 394 g/mol. The van der Waals surface area contributed by atoms with Crippen LogP contribution >= 0.6 is 0 Å². The predicted molar refractivity (Wildman–Crippen MR) is 81.7 cm³/mol.